The Kier molecular flexibility index (Phi) is 9.08. The van der Waals surface area contributed by atoms with Crippen molar-refractivity contribution >= 4 is 35.6 Å². The quantitative estimate of drug-likeness (QED) is 0.380. The van der Waals surface area contributed by atoms with Crippen molar-refractivity contribution < 1.29 is 0 Å². The van der Waals surface area contributed by atoms with Crippen molar-refractivity contribution in [2.24, 2.45) is 4.99 Å². The lowest BCUT2D eigenvalue weighted by Crippen LogP contribution is -2.48. The minimum absolute atomic E-state index is 0. The standard InChI is InChI=1S/C22H27N5.HI/c1-2-24-22(25-17-19-8-6-7-18(15-19)16-23)26-20-11-13-27(14-12-20)21-9-4-3-5-10-21;/h3-10,15,20H,2,11-14,17H2,1H3,(H2,24,25,26);1H. The number of benzene rings is 2. The zero-order chi connectivity index (χ0) is 18.9. The molecule has 148 valence electrons. The molecule has 3 rings (SSSR count). The summed E-state index contributed by atoms with van der Waals surface area (Å²) in [7, 11) is 0. The summed E-state index contributed by atoms with van der Waals surface area (Å²) in [6.45, 7) is 5.56. The average Bonchev–Trinajstić information content (AvgIpc) is 2.73. The Labute approximate surface area is 184 Å². The van der Waals surface area contributed by atoms with E-state index in [1.54, 1.807) is 0 Å². The fourth-order valence-electron chi connectivity index (χ4n) is 3.34. The molecular weight excluding hydrogens is 461 g/mol. The summed E-state index contributed by atoms with van der Waals surface area (Å²) in [5.41, 5.74) is 3.02. The fraction of sp³-hybridized carbons (Fsp3) is 0.364. The highest BCUT2D eigenvalue weighted by Crippen LogP contribution is 2.19. The lowest BCUT2D eigenvalue weighted by Gasteiger charge is -2.34. The van der Waals surface area contributed by atoms with Crippen LogP contribution in [0.5, 0.6) is 0 Å². The molecule has 0 spiro atoms. The van der Waals surface area contributed by atoms with Crippen LogP contribution in [-0.4, -0.2) is 31.6 Å². The molecule has 1 aliphatic heterocycles. The van der Waals surface area contributed by atoms with E-state index >= 15 is 0 Å². The molecule has 1 fully saturated rings. The van der Waals surface area contributed by atoms with Gasteiger partial charge in [-0.2, -0.15) is 5.26 Å². The first-order chi connectivity index (χ1) is 13.3. The average molecular weight is 489 g/mol. The molecule has 0 unspecified atom stereocenters. The minimum Gasteiger partial charge on any atom is -0.371 e. The Morgan fingerprint density at radius 3 is 2.57 bits per heavy atom. The van der Waals surface area contributed by atoms with Gasteiger partial charge in [-0.25, -0.2) is 4.99 Å². The second kappa shape index (κ2) is 11.5. The molecule has 0 atom stereocenters. The maximum Gasteiger partial charge on any atom is 0.191 e. The summed E-state index contributed by atoms with van der Waals surface area (Å²) in [5.74, 6) is 0.845. The van der Waals surface area contributed by atoms with Crippen LogP contribution >= 0.6 is 24.0 Å². The van der Waals surface area contributed by atoms with Crippen molar-refractivity contribution in [2.45, 2.75) is 32.4 Å². The van der Waals surface area contributed by atoms with Crippen LogP contribution in [0.3, 0.4) is 0 Å². The number of halogens is 1. The first kappa shape index (κ1) is 22.0. The summed E-state index contributed by atoms with van der Waals surface area (Å²) in [6.07, 6.45) is 2.17. The summed E-state index contributed by atoms with van der Waals surface area (Å²) in [6, 6.07) is 20.8. The normalized spacial score (nSPS) is 14.7. The highest BCUT2D eigenvalue weighted by Gasteiger charge is 2.20. The van der Waals surface area contributed by atoms with Crippen LogP contribution in [0.15, 0.2) is 59.6 Å². The maximum atomic E-state index is 9.03. The fourth-order valence-corrected chi connectivity index (χ4v) is 3.34. The van der Waals surface area contributed by atoms with Crippen molar-refractivity contribution in [3.63, 3.8) is 0 Å². The van der Waals surface area contributed by atoms with Crippen LogP contribution in [0.1, 0.15) is 30.9 Å². The molecular formula is C22H28IN5. The van der Waals surface area contributed by atoms with Gasteiger partial charge in [0, 0.05) is 31.4 Å². The van der Waals surface area contributed by atoms with Crippen molar-refractivity contribution in [1.82, 2.24) is 10.6 Å². The number of nitriles is 1. The molecule has 6 heteroatoms. The zero-order valence-electron chi connectivity index (χ0n) is 16.3. The van der Waals surface area contributed by atoms with Gasteiger partial charge in [0.2, 0.25) is 0 Å². The molecule has 1 heterocycles. The van der Waals surface area contributed by atoms with E-state index in [1.165, 1.54) is 5.69 Å². The highest BCUT2D eigenvalue weighted by atomic mass is 127. The third-order valence-corrected chi connectivity index (χ3v) is 4.78. The molecule has 0 saturated carbocycles. The molecule has 2 aromatic rings. The van der Waals surface area contributed by atoms with Crippen molar-refractivity contribution in [3.05, 3.63) is 65.7 Å². The van der Waals surface area contributed by atoms with Crippen LogP contribution < -0.4 is 15.5 Å². The van der Waals surface area contributed by atoms with Crippen LogP contribution in [0.2, 0.25) is 0 Å². The van der Waals surface area contributed by atoms with Crippen LogP contribution in [0.4, 0.5) is 5.69 Å². The number of nitrogens with zero attached hydrogens (tertiary/aromatic N) is 3. The van der Waals surface area contributed by atoms with E-state index < -0.39 is 0 Å². The molecule has 0 radical (unpaired) electrons. The smallest absolute Gasteiger partial charge is 0.191 e. The van der Waals surface area contributed by atoms with Gasteiger partial charge in [0.05, 0.1) is 18.2 Å². The Morgan fingerprint density at radius 1 is 1.14 bits per heavy atom. The monoisotopic (exact) mass is 489 g/mol. The van der Waals surface area contributed by atoms with Gasteiger partial charge in [0.1, 0.15) is 0 Å². The maximum absolute atomic E-state index is 9.03. The molecule has 0 bridgehead atoms. The van der Waals surface area contributed by atoms with E-state index in [0.29, 0.717) is 18.2 Å². The van der Waals surface area contributed by atoms with Crippen molar-refractivity contribution in [3.8, 4) is 6.07 Å². The largest absolute Gasteiger partial charge is 0.371 e. The van der Waals surface area contributed by atoms with Crippen LogP contribution in [0, 0.1) is 11.3 Å². The Bertz CT molecular complexity index is 792. The second-order valence-corrected chi connectivity index (χ2v) is 6.75. The molecule has 1 saturated heterocycles. The molecule has 0 amide bonds. The third-order valence-electron chi connectivity index (χ3n) is 4.78. The van der Waals surface area contributed by atoms with E-state index in [4.69, 9.17) is 10.3 Å². The number of hydrogen-bond acceptors (Lipinski definition) is 3. The molecule has 5 nitrogen and oxygen atoms in total. The number of nitrogens with one attached hydrogen (secondary N) is 2. The molecule has 28 heavy (non-hydrogen) atoms. The van der Waals surface area contributed by atoms with E-state index in [9.17, 15) is 0 Å². The predicted octanol–water partition coefficient (Wildman–Crippen LogP) is 3.90. The minimum atomic E-state index is 0. The van der Waals surface area contributed by atoms with Gasteiger partial charge in [-0.1, -0.05) is 30.3 Å². The van der Waals surface area contributed by atoms with Gasteiger partial charge in [-0.05, 0) is 49.6 Å². The first-order valence-corrected chi connectivity index (χ1v) is 9.62. The summed E-state index contributed by atoms with van der Waals surface area (Å²) in [5, 5.41) is 15.9. The number of guanidine groups is 1. The number of piperidine rings is 1. The van der Waals surface area contributed by atoms with Crippen molar-refractivity contribution in [1.29, 1.82) is 5.26 Å². The Morgan fingerprint density at radius 2 is 1.89 bits per heavy atom. The SMILES string of the molecule is CCNC(=NCc1cccc(C#N)c1)NC1CCN(c2ccccc2)CC1.I. The molecule has 1 aliphatic rings. The van der Waals surface area contributed by atoms with E-state index in [2.05, 4.69) is 58.9 Å². The van der Waals surface area contributed by atoms with Gasteiger partial charge in [-0.3, -0.25) is 0 Å². The number of anilines is 1. The topological polar surface area (TPSA) is 63.5 Å². The van der Waals surface area contributed by atoms with Crippen molar-refractivity contribution in [2.75, 3.05) is 24.5 Å². The Balaban J connectivity index is 0.00000280. The number of aliphatic imine (C=N–C) groups is 1. The second-order valence-electron chi connectivity index (χ2n) is 6.75. The third kappa shape index (κ3) is 6.41. The van der Waals surface area contributed by atoms with Gasteiger partial charge < -0.3 is 15.5 Å². The molecule has 2 N–H and O–H groups in total. The van der Waals surface area contributed by atoms with Gasteiger partial charge in [-0.15, -0.1) is 24.0 Å². The van der Waals surface area contributed by atoms with Gasteiger partial charge >= 0.3 is 0 Å². The molecule has 2 aromatic carbocycles. The van der Waals surface area contributed by atoms with E-state index in [0.717, 1.165) is 44.0 Å². The molecule has 0 aliphatic carbocycles. The summed E-state index contributed by atoms with van der Waals surface area (Å²) < 4.78 is 0. The van der Waals surface area contributed by atoms with E-state index in [-0.39, 0.29) is 24.0 Å². The van der Waals surface area contributed by atoms with Crippen LogP contribution in [0.25, 0.3) is 0 Å². The van der Waals surface area contributed by atoms with Crippen LogP contribution in [-0.2, 0) is 6.54 Å². The zero-order valence-corrected chi connectivity index (χ0v) is 18.6. The first-order valence-electron chi connectivity index (χ1n) is 9.62. The van der Waals surface area contributed by atoms with Gasteiger partial charge in [0.25, 0.3) is 0 Å². The van der Waals surface area contributed by atoms with Gasteiger partial charge in [0.15, 0.2) is 5.96 Å². The lowest BCUT2D eigenvalue weighted by molar-refractivity contribution is 0.461. The summed E-state index contributed by atoms with van der Waals surface area (Å²) >= 11 is 0. The number of rotatable bonds is 5. The highest BCUT2D eigenvalue weighted by molar-refractivity contribution is 14.0. The Hall–Kier alpha value is -2.27. The summed E-state index contributed by atoms with van der Waals surface area (Å²) in [4.78, 5) is 7.14. The molecule has 0 aromatic heterocycles. The predicted molar refractivity (Wildman–Crippen MR) is 126 cm³/mol. The number of hydrogen-bond donors (Lipinski definition) is 2. The van der Waals surface area contributed by atoms with E-state index in [1.807, 2.05) is 24.3 Å². The number of para-hydroxylation sites is 1. The lowest BCUT2D eigenvalue weighted by atomic mass is 10.0.